The Balaban J connectivity index is 4.87. The fourth-order valence-electron chi connectivity index (χ4n) is 8.58. The van der Waals surface area contributed by atoms with Crippen LogP contribution < -0.4 is 0 Å². The topological polar surface area (TPSA) is 164 Å². The van der Waals surface area contributed by atoms with Crippen molar-refractivity contribution >= 4 is 31.7 Å². The number of carbonyl (C=O) groups is 4. The number of hydrogen-bond donors (Lipinski definition) is 1. The molecule has 420 valence electrons. The second kappa shape index (κ2) is 50.1. The molecule has 0 aromatic heterocycles. The van der Waals surface area contributed by atoms with E-state index in [4.69, 9.17) is 28.0 Å². The first kappa shape index (κ1) is 69.0. The molecule has 13 nitrogen and oxygen atoms in total. The van der Waals surface area contributed by atoms with Crippen LogP contribution in [0.4, 0.5) is 0 Å². The Kier molecular flexibility index (Phi) is 48.7. The van der Waals surface area contributed by atoms with Crippen LogP contribution in [0.15, 0.2) is 0 Å². The molecule has 0 spiro atoms. The van der Waals surface area contributed by atoms with Gasteiger partial charge in [-0.25, -0.2) is 4.57 Å². The maximum absolute atomic E-state index is 12.9. The van der Waals surface area contributed by atoms with Crippen LogP contribution in [0.1, 0.15) is 285 Å². The van der Waals surface area contributed by atoms with Crippen molar-refractivity contribution in [3.8, 4) is 0 Å². The summed E-state index contributed by atoms with van der Waals surface area (Å²) in [5.41, 5.74) is 0. The van der Waals surface area contributed by atoms with Crippen molar-refractivity contribution in [3.05, 3.63) is 0 Å². The van der Waals surface area contributed by atoms with Crippen LogP contribution in [0.2, 0.25) is 0 Å². The lowest BCUT2D eigenvalue weighted by molar-refractivity contribution is -0.161. The minimum absolute atomic E-state index is 0.00564. The van der Waals surface area contributed by atoms with Crippen LogP contribution in [-0.2, 0) is 51.7 Å². The molecule has 0 fully saturated rings. The first-order valence-electron chi connectivity index (χ1n) is 29.4. The third-order valence-corrected chi connectivity index (χ3v) is 14.1. The standard InChI is InChI=1S/C57H110NO12P/c1-7-11-15-19-23-31-39-51(40-32-24-20-16-12-8-2)68-55(60)44-36-28-27-35-43-54(59)65-49-53(50-67-71(63,64)66-48-47-58(5)6)70-57(62)46-38-30-29-37-45-56(61)69-52(41-33-25-21-17-13-9-3)42-34-26-22-18-14-10-4/h51-53H,7-50H2,1-6H3,(H,63,64). The molecular weight excluding hydrogens is 922 g/mol. The van der Waals surface area contributed by atoms with Gasteiger partial charge in [0.1, 0.15) is 18.8 Å². The van der Waals surface area contributed by atoms with Crippen molar-refractivity contribution in [2.75, 3.05) is 40.5 Å². The monoisotopic (exact) mass is 1030 g/mol. The van der Waals surface area contributed by atoms with E-state index in [2.05, 4.69) is 27.7 Å². The summed E-state index contributed by atoms with van der Waals surface area (Å²) >= 11 is 0. The molecule has 0 aromatic rings. The number of phosphoric acid groups is 1. The molecule has 0 aliphatic heterocycles. The average molecular weight is 1030 g/mol. The Bertz CT molecular complexity index is 1270. The summed E-state index contributed by atoms with van der Waals surface area (Å²) in [6, 6.07) is 0. The highest BCUT2D eigenvalue weighted by atomic mass is 31.2. The van der Waals surface area contributed by atoms with Crippen LogP contribution in [0.3, 0.4) is 0 Å². The molecule has 0 bridgehead atoms. The van der Waals surface area contributed by atoms with Crippen molar-refractivity contribution in [1.82, 2.24) is 4.90 Å². The van der Waals surface area contributed by atoms with Crippen LogP contribution in [0, 0.1) is 0 Å². The predicted molar refractivity (Wildman–Crippen MR) is 288 cm³/mol. The molecule has 0 aromatic carbocycles. The molecule has 2 atom stereocenters. The van der Waals surface area contributed by atoms with E-state index < -0.39 is 32.5 Å². The number of esters is 4. The highest BCUT2D eigenvalue weighted by Crippen LogP contribution is 2.43. The molecular formula is C57H110NO12P. The molecule has 14 heteroatoms. The van der Waals surface area contributed by atoms with E-state index in [-0.39, 0.29) is 50.2 Å². The van der Waals surface area contributed by atoms with E-state index in [1.165, 1.54) is 128 Å². The summed E-state index contributed by atoms with van der Waals surface area (Å²) in [6.45, 7) is 8.42. The molecule has 0 aliphatic carbocycles. The molecule has 71 heavy (non-hydrogen) atoms. The Morgan fingerprint density at radius 2 is 0.690 bits per heavy atom. The Hall–Kier alpha value is -2.05. The van der Waals surface area contributed by atoms with Gasteiger partial charge in [-0.05, 0) is 91.1 Å². The highest BCUT2D eigenvalue weighted by molar-refractivity contribution is 7.47. The Morgan fingerprint density at radius 3 is 1.03 bits per heavy atom. The summed E-state index contributed by atoms with van der Waals surface area (Å²) in [6.07, 6.45) is 38.1. The van der Waals surface area contributed by atoms with Gasteiger partial charge in [0.05, 0.1) is 13.2 Å². The second-order valence-electron chi connectivity index (χ2n) is 20.5. The zero-order valence-corrected chi connectivity index (χ0v) is 47.6. The van der Waals surface area contributed by atoms with Crippen LogP contribution in [0.25, 0.3) is 0 Å². The van der Waals surface area contributed by atoms with Crippen LogP contribution >= 0.6 is 7.82 Å². The first-order valence-corrected chi connectivity index (χ1v) is 30.9. The summed E-state index contributed by atoms with van der Waals surface area (Å²) < 4.78 is 45.7. The lowest BCUT2D eigenvalue weighted by Gasteiger charge is -2.20. The smallest absolute Gasteiger partial charge is 0.462 e. The van der Waals surface area contributed by atoms with Gasteiger partial charge < -0.3 is 28.7 Å². The minimum Gasteiger partial charge on any atom is -0.462 e. The van der Waals surface area contributed by atoms with E-state index in [0.717, 1.165) is 70.6 Å². The average Bonchev–Trinajstić information content (AvgIpc) is 3.33. The summed E-state index contributed by atoms with van der Waals surface area (Å²) in [5, 5.41) is 0. The minimum atomic E-state index is -4.46. The molecule has 0 saturated carbocycles. The second-order valence-corrected chi connectivity index (χ2v) is 21.9. The summed E-state index contributed by atoms with van der Waals surface area (Å²) in [5.74, 6) is -1.31. The van der Waals surface area contributed by atoms with Crippen LogP contribution in [-0.4, -0.2) is 92.4 Å². The lowest BCUT2D eigenvalue weighted by atomic mass is 10.0. The summed E-state index contributed by atoms with van der Waals surface area (Å²) in [4.78, 5) is 63.3. The van der Waals surface area contributed by atoms with Crippen molar-refractivity contribution in [1.29, 1.82) is 0 Å². The van der Waals surface area contributed by atoms with Crippen molar-refractivity contribution < 1.29 is 56.6 Å². The van der Waals surface area contributed by atoms with Gasteiger partial charge in [-0.3, -0.25) is 28.2 Å². The maximum atomic E-state index is 12.9. The van der Waals surface area contributed by atoms with E-state index in [9.17, 15) is 28.6 Å². The van der Waals surface area contributed by atoms with Gasteiger partial charge in [-0.2, -0.15) is 0 Å². The van der Waals surface area contributed by atoms with Gasteiger partial charge in [0, 0.05) is 32.2 Å². The maximum Gasteiger partial charge on any atom is 0.472 e. The third-order valence-electron chi connectivity index (χ3n) is 13.1. The first-order chi connectivity index (χ1) is 34.3. The SMILES string of the molecule is CCCCCCCCC(CCCCCCCC)OC(=O)CCCCCCC(=O)OCC(COP(=O)(O)OCCN(C)C)OC(=O)CCCCCCC(=O)OC(CCCCCCCC)CCCCCCCC. The molecule has 1 N–H and O–H groups in total. The molecule has 0 saturated heterocycles. The van der Waals surface area contributed by atoms with Gasteiger partial charge in [0.15, 0.2) is 6.10 Å². The number of hydrogen-bond acceptors (Lipinski definition) is 12. The number of ether oxygens (including phenoxy) is 4. The van der Waals surface area contributed by atoms with Gasteiger partial charge in [0.25, 0.3) is 0 Å². The third kappa shape index (κ3) is 48.6. The van der Waals surface area contributed by atoms with Crippen molar-refractivity contribution in [2.45, 2.75) is 303 Å². The Morgan fingerprint density at radius 1 is 0.394 bits per heavy atom. The molecule has 0 aliphatic rings. The van der Waals surface area contributed by atoms with Crippen molar-refractivity contribution in [3.63, 3.8) is 0 Å². The fraction of sp³-hybridized carbons (Fsp3) is 0.930. The fourth-order valence-corrected chi connectivity index (χ4v) is 9.32. The molecule has 0 amide bonds. The largest absolute Gasteiger partial charge is 0.472 e. The van der Waals surface area contributed by atoms with Gasteiger partial charge in [0.2, 0.25) is 0 Å². The van der Waals surface area contributed by atoms with E-state index in [1.807, 2.05) is 0 Å². The zero-order valence-electron chi connectivity index (χ0n) is 46.7. The summed E-state index contributed by atoms with van der Waals surface area (Å²) in [7, 11) is -0.856. The number of likely N-dealkylation sites (N-methyl/N-ethyl adjacent to an activating group) is 1. The quantitative estimate of drug-likeness (QED) is 0.0265. The predicted octanol–water partition coefficient (Wildman–Crippen LogP) is 15.6. The van der Waals surface area contributed by atoms with Gasteiger partial charge >= 0.3 is 31.7 Å². The van der Waals surface area contributed by atoms with E-state index in [1.54, 1.807) is 19.0 Å². The highest BCUT2D eigenvalue weighted by Gasteiger charge is 2.26. The molecule has 0 radical (unpaired) electrons. The number of rotatable bonds is 54. The number of unbranched alkanes of at least 4 members (excludes halogenated alkanes) is 26. The van der Waals surface area contributed by atoms with Gasteiger partial charge in [-0.15, -0.1) is 0 Å². The normalized spacial score (nSPS) is 12.9. The molecule has 0 heterocycles. The number of phosphoric ester groups is 1. The molecule has 0 rings (SSSR count). The van der Waals surface area contributed by atoms with Crippen LogP contribution in [0.5, 0.6) is 0 Å². The van der Waals surface area contributed by atoms with Crippen molar-refractivity contribution in [2.24, 2.45) is 0 Å². The lowest BCUT2D eigenvalue weighted by Crippen LogP contribution is -2.29. The van der Waals surface area contributed by atoms with E-state index in [0.29, 0.717) is 51.5 Å². The molecule has 2 unspecified atom stereocenters. The van der Waals surface area contributed by atoms with E-state index >= 15 is 0 Å². The number of carbonyl (C=O) groups excluding carboxylic acids is 4. The Labute approximate surface area is 435 Å². The van der Waals surface area contributed by atoms with Gasteiger partial charge in [-0.1, -0.05) is 182 Å². The number of nitrogens with zero attached hydrogens (tertiary/aromatic N) is 1. The zero-order chi connectivity index (χ0) is 52.5.